The van der Waals surface area contributed by atoms with Crippen molar-refractivity contribution in [2.45, 2.75) is 18.6 Å². The Morgan fingerprint density at radius 3 is 2.04 bits per heavy atom. The van der Waals surface area contributed by atoms with Crippen LogP contribution >= 0.6 is 0 Å². The maximum atomic E-state index is 11.2. The molecule has 7 N–H and O–H groups in total. The average molecular weight is 365 g/mol. The number of Topliss-reactive ketones (excluding diaryl/α,β-unsaturated/α-hetero) is 1. The first-order valence-electron chi connectivity index (χ1n) is 7.39. The van der Waals surface area contributed by atoms with Crippen molar-refractivity contribution >= 4 is 17.7 Å². The smallest absolute Gasteiger partial charge is 0.336 e. The summed E-state index contributed by atoms with van der Waals surface area (Å²) in [5.41, 5.74) is 5.78. The second kappa shape index (κ2) is 10.0. The molecule has 0 aliphatic rings. The molecular formula is C16H19N3O7. The zero-order valence-electron chi connectivity index (χ0n) is 13.6. The first-order chi connectivity index (χ1) is 12.3. The number of carbonyl (C=O) groups is 3. The molecule has 0 saturated heterocycles. The standard InChI is InChI=1S/C8H13N3O3.C8H6O4/c9-6(8(14)7(13)3-12)1-5-2-10-4-11-5;9-7(10)5-3-1-2-4-6(5)8(11)12/h2,4,6-7,12-13H,1,3,9H2,(H,10,11);1-4H,(H,9,10)(H,11,12)/t6-,7?;/m0./s1. The third kappa shape index (κ3) is 6.09. The second-order valence-electron chi connectivity index (χ2n) is 5.13. The fourth-order valence-electron chi connectivity index (χ4n) is 1.92. The number of H-pyrrole nitrogens is 1. The van der Waals surface area contributed by atoms with Gasteiger partial charge in [-0.3, -0.25) is 4.79 Å². The van der Waals surface area contributed by atoms with Gasteiger partial charge in [0.15, 0.2) is 5.78 Å². The van der Waals surface area contributed by atoms with Gasteiger partial charge in [0.25, 0.3) is 0 Å². The zero-order chi connectivity index (χ0) is 19.7. The highest BCUT2D eigenvalue weighted by molar-refractivity contribution is 6.01. The van der Waals surface area contributed by atoms with Crippen LogP contribution < -0.4 is 5.73 Å². The van der Waals surface area contributed by atoms with Gasteiger partial charge in [-0.15, -0.1) is 0 Å². The molecule has 2 rings (SSSR count). The van der Waals surface area contributed by atoms with Crippen LogP contribution in [0.2, 0.25) is 0 Å². The van der Waals surface area contributed by atoms with E-state index >= 15 is 0 Å². The topological polar surface area (TPSA) is 187 Å². The maximum absolute atomic E-state index is 11.2. The Kier molecular flexibility index (Phi) is 8.09. The van der Waals surface area contributed by atoms with E-state index in [2.05, 4.69) is 9.97 Å². The van der Waals surface area contributed by atoms with Crippen LogP contribution in [0.1, 0.15) is 26.4 Å². The Morgan fingerprint density at radius 2 is 1.65 bits per heavy atom. The van der Waals surface area contributed by atoms with Crippen molar-refractivity contribution in [3.63, 3.8) is 0 Å². The van der Waals surface area contributed by atoms with Crippen LogP contribution in [-0.4, -0.2) is 66.9 Å². The minimum atomic E-state index is -1.40. The molecule has 10 heteroatoms. The number of nitrogens with zero attached hydrogens (tertiary/aromatic N) is 1. The lowest BCUT2D eigenvalue weighted by atomic mass is 10.0. The lowest BCUT2D eigenvalue weighted by Gasteiger charge is -2.12. The van der Waals surface area contributed by atoms with E-state index < -0.39 is 36.5 Å². The number of aromatic carboxylic acids is 2. The molecule has 0 aliphatic heterocycles. The molecule has 0 fully saturated rings. The van der Waals surface area contributed by atoms with Crippen LogP contribution in [0, 0.1) is 0 Å². The molecule has 0 amide bonds. The molecule has 1 unspecified atom stereocenters. The molecule has 1 aromatic heterocycles. The number of nitrogens with two attached hydrogens (primary N) is 1. The van der Waals surface area contributed by atoms with Crippen molar-refractivity contribution in [1.82, 2.24) is 9.97 Å². The van der Waals surface area contributed by atoms with E-state index in [0.29, 0.717) is 5.69 Å². The van der Waals surface area contributed by atoms with Crippen LogP contribution in [0.15, 0.2) is 36.8 Å². The van der Waals surface area contributed by atoms with Gasteiger partial charge in [0.1, 0.15) is 6.10 Å². The summed E-state index contributed by atoms with van der Waals surface area (Å²) in [5, 5.41) is 34.7. The van der Waals surface area contributed by atoms with Crippen molar-refractivity contribution in [2.24, 2.45) is 5.73 Å². The summed E-state index contributed by atoms with van der Waals surface area (Å²) in [6.45, 7) is -0.604. The molecular weight excluding hydrogens is 346 g/mol. The number of carbonyl (C=O) groups excluding carboxylic acids is 1. The quantitative estimate of drug-likeness (QED) is 0.368. The predicted molar refractivity (Wildman–Crippen MR) is 88.7 cm³/mol. The highest BCUT2D eigenvalue weighted by Crippen LogP contribution is 2.07. The zero-order valence-corrected chi connectivity index (χ0v) is 13.6. The fraction of sp³-hybridized carbons (Fsp3) is 0.250. The third-order valence-corrected chi connectivity index (χ3v) is 3.24. The molecule has 1 aromatic carbocycles. The largest absolute Gasteiger partial charge is 0.478 e. The molecule has 1 heterocycles. The number of benzene rings is 1. The highest BCUT2D eigenvalue weighted by Gasteiger charge is 2.22. The van der Waals surface area contributed by atoms with E-state index in [1.165, 1.54) is 30.6 Å². The lowest BCUT2D eigenvalue weighted by Crippen LogP contribution is -2.41. The molecule has 140 valence electrons. The number of aromatic nitrogens is 2. The molecule has 26 heavy (non-hydrogen) atoms. The number of ketones is 1. The molecule has 10 nitrogen and oxygen atoms in total. The van der Waals surface area contributed by atoms with E-state index in [1.807, 2.05) is 0 Å². The van der Waals surface area contributed by atoms with Gasteiger partial charge < -0.3 is 31.1 Å². The molecule has 2 aromatic rings. The number of nitrogens with one attached hydrogen (secondary N) is 1. The van der Waals surface area contributed by atoms with Crippen LogP contribution in [-0.2, 0) is 11.2 Å². The van der Waals surface area contributed by atoms with E-state index in [-0.39, 0.29) is 17.5 Å². The summed E-state index contributed by atoms with van der Waals surface area (Å²) >= 11 is 0. The average Bonchev–Trinajstić information content (AvgIpc) is 3.13. The number of rotatable bonds is 7. The summed E-state index contributed by atoms with van der Waals surface area (Å²) < 4.78 is 0. The van der Waals surface area contributed by atoms with Gasteiger partial charge in [-0.1, -0.05) is 12.1 Å². The van der Waals surface area contributed by atoms with Gasteiger partial charge in [-0.2, -0.15) is 0 Å². The van der Waals surface area contributed by atoms with Crippen molar-refractivity contribution in [2.75, 3.05) is 6.61 Å². The molecule has 0 radical (unpaired) electrons. The van der Waals surface area contributed by atoms with Crippen molar-refractivity contribution in [1.29, 1.82) is 0 Å². The summed E-state index contributed by atoms with van der Waals surface area (Å²) in [6, 6.07) is 4.64. The molecule has 0 saturated carbocycles. The number of aliphatic hydroxyl groups is 2. The molecule has 0 spiro atoms. The Morgan fingerprint density at radius 1 is 1.12 bits per heavy atom. The molecule has 0 aliphatic carbocycles. The minimum Gasteiger partial charge on any atom is -0.478 e. The summed E-state index contributed by atoms with van der Waals surface area (Å²) in [4.78, 5) is 38.8. The maximum Gasteiger partial charge on any atom is 0.336 e. The van der Waals surface area contributed by atoms with Gasteiger partial charge >= 0.3 is 11.9 Å². The number of carboxylic acid groups (broad SMARTS) is 2. The number of imidazole rings is 1. The Bertz CT molecular complexity index is 713. The van der Waals surface area contributed by atoms with Crippen molar-refractivity contribution in [3.05, 3.63) is 53.6 Å². The Labute approximate surface area is 147 Å². The highest BCUT2D eigenvalue weighted by atomic mass is 16.4. The number of hydrogen-bond donors (Lipinski definition) is 6. The number of aromatic amines is 1. The van der Waals surface area contributed by atoms with E-state index in [1.54, 1.807) is 6.20 Å². The third-order valence-electron chi connectivity index (χ3n) is 3.24. The Hall–Kier alpha value is -3.08. The van der Waals surface area contributed by atoms with Gasteiger partial charge in [-0.25, -0.2) is 14.6 Å². The van der Waals surface area contributed by atoms with Crippen LogP contribution in [0.3, 0.4) is 0 Å². The summed E-state index contributed by atoms with van der Waals surface area (Å²) in [6.07, 6.45) is 1.95. The van der Waals surface area contributed by atoms with Crippen LogP contribution in [0.25, 0.3) is 0 Å². The first kappa shape index (κ1) is 21.0. The predicted octanol–water partition coefficient (Wildman–Crippen LogP) is -0.715. The van der Waals surface area contributed by atoms with Crippen molar-refractivity contribution < 1.29 is 34.8 Å². The molecule has 0 bridgehead atoms. The number of aliphatic hydroxyl groups excluding tert-OH is 2. The Balaban J connectivity index is 0.000000263. The van der Waals surface area contributed by atoms with Gasteiger partial charge in [0, 0.05) is 12.6 Å². The lowest BCUT2D eigenvalue weighted by molar-refractivity contribution is -0.130. The van der Waals surface area contributed by atoms with E-state index in [0.717, 1.165) is 0 Å². The SMILES string of the molecule is N[C@@H](Cc1c[nH]cn1)C(=O)C(O)CO.O=C(O)c1ccccc1C(=O)O. The van der Waals surface area contributed by atoms with Gasteiger partial charge in [0.05, 0.1) is 35.8 Å². The van der Waals surface area contributed by atoms with E-state index in [9.17, 15) is 14.4 Å². The van der Waals surface area contributed by atoms with Crippen LogP contribution in [0.5, 0.6) is 0 Å². The normalized spacial score (nSPS) is 12.4. The van der Waals surface area contributed by atoms with Gasteiger partial charge in [-0.05, 0) is 12.1 Å². The minimum absolute atomic E-state index is 0.190. The monoisotopic (exact) mass is 365 g/mol. The summed E-state index contributed by atoms with van der Waals surface area (Å²) in [5.74, 6) is -3.03. The number of carboxylic acids is 2. The molecule has 2 atom stereocenters. The second-order valence-corrected chi connectivity index (χ2v) is 5.13. The first-order valence-corrected chi connectivity index (χ1v) is 7.39. The summed E-state index contributed by atoms with van der Waals surface area (Å²) in [7, 11) is 0. The van der Waals surface area contributed by atoms with E-state index in [4.69, 9.17) is 26.2 Å². The number of hydrogen-bond acceptors (Lipinski definition) is 7. The fourth-order valence-corrected chi connectivity index (χ4v) is 1.92. The van der Waals surface area contributed by atoms with Crippen LogP contribution in [0.4, 0.5) is 0 Å². The van der Waals surface area contributed by atoms with Gasteiger partial charge in [0.2, 0.25) is 0 Å². The van der Waals surface area contributed by atoms with Crippen molar-refractivity contribution in [3.8, 4) is 0 Å².